The smallest absolute Gasteiger partial charge is 0.253 e. The van der Waals surface area contributed by atoms with E-state index in [4.69, 9.17) is 0 Å². The predicted molar refractivity (Wildman–Crippen MR) is 76.9 cm³/mol. The Bertz CT molecular complexity index is 596. The van der Waals surface area contributed by atoms with Crippen LogP contribution in [0.4, 0.5) is 0 Å². The molecule has 0 radical (unpaired) electrons. The summed E-state index contributed by atoms with van der Waals surface area (Å²) < 4.78 is 0. The summed E-state index contributed by atoms with van der Waals surface area (Å²) in [5.41, 5.74) is 1.52. The Morgan fingerprint density at radius 2 is 1.75 bits per heavy atom. The van der Waals surface area contributed by atoms with Crippen LogP contribution in [0.3, 0.4) is 0 Å². The fourth-order valence-electron chi connectivity index (χ4n) is 1.92. The Morgan fingerprint density at radius 3 is 2.40 bits per heavy atom. The number of phenolic OH excluding ortho intramolecular Hbond substituents is 2. The van der Waals surface area contributed by atoms with Crippen molar-refractivity contribution in [2.75, 3.05) is 13.6 Å². The number of aromatic hydroxyl groups is 2. The van der Waals surface area contributed by atoms with Crippen molar-refractivity contribution in [2.24, 2.45) is 0 Å². The van der Waals surface area contributed by atoms with Gasteiger partial charge in [-0.2, -0.15) is 0 Å². The molecule has 0 unspecified atom stereocenters. The molecule has 0 spiro atoms. The van der Waals surface area contributed by atoms with Crippen molar-refractivity contribution >= 4 is 5.91 Å². The van der Waals surface area contributed by atoms with Crippen LogP contribution >= 0.6 is 0 Å². The molecule has 0 bridgehead atoms. The molecule has 2 aromatic rings. The number of hydrogen-bond donors (Lipinski definition) is 2. The van der Waals surface area contributed by atoms with E-state index in [-0.39, 0.29) is 17.4 Å². The molecule has 2 aromatic carbocycles. The molecule has 0 aromatic heterocycles. The molecule has 0 fully saturated rings. The minimum atomic E-state index is -0.285. The average Bonchev–Trinajstić information content (AvgIpc) is 2.48. The second-order valence-corrected chi connectivity index (χ2v) is 4.67. The number of benzene rings is 2. The van der Waals surface area contributed by atoms with E-state index >= 15 is 0 Å². The fraction of sp³-hybridized carbons (Fsp3) is 0.188. The van der Waals surface area contributed by atoms with Gasteiger partial charge < -0.3 is 15.1 Å². The second-order valence-electron chi connectivity index (χ2n) is 4.67. The zero-order chi connectivity index (χ0) is 14.5. The SMILES string of the molecule is CN(CCc1ccccc1)C(=O)c1ccc(O)c(O)c1. The van der Waals surface area contributed by atoms with Gasteiger partial charge in [0, 0.05) is 19.2 Å². The Labute approximate surface area is 117 Å². The third kappa shape index (κ3) is 3.29. The lowest BCUT2D eigenvalue weighted by Crippen LogP contribution is -2.28. The number of phenols is 2. The molecular weight excluding hydrogens is 254 g/mol. The highest BCUT2D eigenvalue weighted by Crippen LogP contribution is 2.25. The number of carbonyl (C=O) groups excluding carboxylic acids is 1. The zero-order valence-electron chi connectivity index (χ0n) is 11.3. The monoisotopic (exact) mass is 271 g/mol. The van der Waals surface area contributed by atoms with Crippen LogP contribution in [0.1, 0.15) is 15.9 Å². The van der Waals surface area contributed by atoms with Crippen molar-refractivity contribution in [3.8, 4) is 11.5 Å². The van der Waals surface area contributed by atoms with Gasteiger partial charge in [-0.05, 0) is 30.2 Å². The third-order valence-corrected chi connectivity index (χ3v) is 3.15. The number of nitrogens with zero attached hydrogens (tertiary/aromatic N) is 1. The number of carbonyl (C=O) groups is 1. The van der Waals surface area contributed by atoms with Gasteiger partial charge in [0.25, 0.3) is 5.91 Å². The quantitative estimate of drug-likeness (QED) is 0.839. The highest BCUT2D eigenvalue weighted by Gasteiger charge is 2.13. The maximum absolute atomic E-state index is 12.2. The van der Waals surface area contributed by atoms with Gasteiger partial charge in [-0.1, -0.05) is 30.3 Å². The van der Waals surface area contributed by atoms with Gasteiger partial charge in [-0.3, -0.25) is 4.79 Å². The number of likely N-dealkylation sites (N-methyl/N-ethyl adjacent to an activating group) is 1. The van der Waals surface area contributed by atoms with Gasteiger partial charge in [0.05, 0.1) is 0 Å². The van der Waals surface area contributed by atoms with E-state index in [1.54, 1.807) is 11.9 Å². The standard InChI is InChI=1S/C16H17NO3/c1-17(10-9-12-5-3-2-4-6-12)16(20)13-7-8-14(18)15(19)11-13/h2-8,11,18-19H,9-10H2,1H3. The lowest BCUT2D eigenvalue weighted by Gasteiger charge is -2.17. The first kappa shape index (κ1) is 13.9. The summed E-state index contributed by atoms with van der Waals surface area (Å²) >= 11 is 0. The topological polar surface area (TPSA) is 60.8 Å². The highest BCUT2D eigenvalue weighted by atomic mass is 16.3. The number of hydrogen-bond acceptors (Lipinski definition) is 3. The van der Waals surface area contributed by atoms with Crippen molar-refractivity contribution < 1.29 is 15.0 Å². The third-order valence-electron chi connectivity index (χ3n) is 3.15. The summed E-state index contributed by atoms with van der Waals surface area (Å²) in [6.07, 6.45) is 0.771. The van der Waals surface area contributed by atoms with Crippen LogP contribution < -0.4 is 0 Å². The molecule has 104 valence electrons. The predicted octanol–water partition coefficient (Wildman–Crippen LogP) is 2.41. The first-order valence-corrected chi connectivity index (χ1v) is 6.39. The second kappa shape index (κ2) is 6.10. The van der Waals surface area contributed by atoms with Gasteiger partial charge in [0.2, 0.25) is 0 Å². The molecule has 2 N–H and O–H groups in total. The van der Waals surface area contributed by atoms with E-state index in [2.05, 4.69) is 0 Å². The van der Waals surface area contributed by atoms with Crippen molar-refractivity contribution in [2.45, 2.75) is 6.42 Å². The van der Waals surface area contributed by atoms with Gasteiger partial charge in [0.1, 0.15) is 0 Å². The van der Waals surface area contributed by atoms with Gasteiger partial charge in [-0.15, -0.1) is 0 Å². The molecule has 1 amide bonds. The minimum absolute atomic E-state index is 0.184. The average molecular weight is 271 g/mol. The number of rotatable bonds is 4. The first-order chi connectivity index (χ1) is 9.58. The molecule has 0 aliphatic carbocycles. The lowest BCUT2D eigenvalue weighted by atomic mass is 10.1. The fourth-order valence-corrected chi connectivity index (χ4v) is 1.92. The van der Waals surface area contributed by atoms with Crippen LogP contribution in [0, 0.1) is 0 Å². The summed E-state index contributed by atoms with van der Waals surface area (Å²) in [6.45, 7) is 0.588. The summed E-state index contributed by atoms with van der Waals surface area (Å²) in [7, 11) is 1.72. The molecule has 0 saturated carbocycles. The molecule has 0 aliphatic heterocycles. The molecule has 4 nitrogen and oxygen atoms in total. The van der Waals surface area contributed by atoms with Gasteiger partial charge in [0.15, 0.2) is 11.5 Å². The normalized spacial score (nSPS) is 10.2. The van der Waals surface area contributed by atoms with Crippen molar-refractivity contribution in [1.82, 2.24) is 4.90 Å². The molecule has 20 heavy (non-hydrogen) atoms. The van der Waals surface area contributed by atoms with E-state index in [0.29, 0.717) is 12.1 Å². The minimum Gasteiger partial charge on any atom is -0.504 e. The molecule has 0 aliphatic rings. The van der Waals surface area contributed by atoms with E-state index < -0.39 is 0 Å². The largest absolute Gasteiger partial charge is 0.504 e. The summed E-state index contributed by atoms with van der Waals surface area (Å²) in [5, 5.41) is 18.7. The zero-order valence-corrected chi connectivity index (χ0v) is 11.3. The van der Waals surface area contributed by atoms with Crippen LogP contribution in [0.15, 0.2) is 48.5 Å². The Kier molecular flexibility index (Phi) is 4.25. The van der Waals surface area contributed by atoms with Crippen LogP contribution in [0.5, 0.6) is 11.5 Å². The molecule has 0 heterocycles. The van der Waals surface area contributed by atoms with Crippen LogP contribution in [0.25, 0.3) is 0 Å². The van der Waals surface area contributed by atoms with Crippen molar-refractivity contribution in [3.05, 3.63) is 59.7 Å². The van der Waals surface area contributed by atoms with Crippen LogP contribution in [-0.2, 0) is 6.42 Å². The van der Waals surface area contributed by atoms with Gasteiger partial charge >= 0.3 is 0 Å². The van der Waals surface area contributed by atoms with Crippen LogP contribution in [0.2, 0.25) is 0 Å². The molecule has 2 rings (SSSR count). The molecule has 4 heteroatoms. The molecule has 0 atom stereocenters. The van der Waals surface area contributed by atoms with E-state index in [1.807, 2.05) is 30.3 Å². The summed E-state index contributed by atoms with van der Waals surface area (Å²) in [4.78, 5) is 13.8. The van der Waals surface area contributed by atoms with E-state index in [9.17, 15) is 15.0 Å². The molecule has 0 saturated heterocycles. The number of amides is 1. The lowest BCUT2D eigenvalue weighted by molar-refractivity contribution is 0.0796. The Hall–Kier alpha value is -2.49. The van der Waals surface area contributed by atoms with Crippen molar-refractivity contribution in [1.29, 1.82) is 0 Å². The van der Waals surface area contributed by atoms with E-state index in [0.717, 1.165) is 6.42 Å². The molecular formula is C16H17NO3. The van der Waals surface area contributed by atoms with Crippen LogP contribution in [-0.4, -0.2) is 34.6 Å². The summed E-state index contributed by atoms with van der Waals surface area (Å²) in [5.74, 6) is -0.697. The van der Waals surface area contributed by atoms with E-state index in [1.165, 1.54) is 23.8 Å². The summed E-state index contributed by atoms with van der Waals surface area (Å²) in [6, 6.07) is 14.0. The Balaban J connectivity index is 1.99. The maximum atomic E-state index is 12.2. The van der Waals surface area contributed by atoms with Crippen molar-refractivity contribution in [3.63, 3.8) is 0 Å². The van der Waals surface area contributed by atoms with Gasteiger partial charge in [-0.25, -0.2) is 0 Å². The maximum Gasteiger partial charge on any atom is 0.253 e. The Morgan fingerprint density at radius 1 is 1.05 bits per heavy atom. The highest BCUT2D eigenvalue weighted by molar-refractivity contribution is 5.94. The first-order valence-electron chi connectivity index (χ1n) is 6.39.